The normalized spacial score (nSPS) is 12.5. The summed E-state index contributed by atoms with van der Waals surface area (Å²) in [7, 11) is 0. The van der Waals surface area contributed by atoms with E-state index in [-0.39, 0.29) is 25.1 Å². The molecule has 35 heavy (non-hydrogen) atoms. The van der Waals surface area contributed by atoms with Gasteiger partial charge in [-0.1, -0.05) is 67.6 Å². The second kappa shape index (κ2) is 12.7. The minimum Gasteiger partial charge on any atom is -0.484 e. The number of nitrogens with zero attached hydrogens (tertiary/aromatic N) is 1. The Bertz CT molecular complexity index is 1120. The van der Waals surface area contributed by atoms with E-state index in [0.717, 1.165) is 17.5 Å². The van der Waals surface area contributed by atoms with Crippen LogP contribution in [0.3, 0.4) is 0 Å². The van der Waals surface area contributed by atoms with Gasteiger partial charge in [0.1, 0.15) is 17.6 Å². The number of ether oxygens (including phenoxy) is 1. The molecule has 3 aromatic rings. The first-order valence-electron chi connectivity index (χ1n) is 11.9. The second-order valence-corrected chi connectivity index (χ2v) is 8.74. The van der Waals surface area contributed by atoms with Gasteiger partial charge in [0.2, 0.25) is 5.91 Å². The Morgan fingerprint density at radius 3 is 2.40 bits per heavy atom. The average molecular weight is 477 g/mol. The topological polar surface area (TPSA) is 58.6 Å². The van der Waals surface area contributed by atoms with Gasteiger partial charge < -0.3 is 15.0 Å². The number of halogens is 1. The predicted molar refractivity (Wildman–Crippen MR) is 135 cm³/mol. The first-order valence-corrected chi connectivity index (χ1v) is 11.9. The maximum absolute atomic E-state index is 14.6. The van der Waals surface area contributed by atoms with E-state index in [0.29, 0.717) is 17.7 Å². The van der Waals surface area contributed by atoms with Gasteiger partial charge in [0.15, 0.2) is 6.61 Å². The quantitative estimate of drug-likeness (QED) is 0.421. The maximum Gasteiger partial charge on any atom is 0.261 e. The summed E-state index contributed by atoms with van der Waals surface area (Å²) in [6.45, 7) is 5.53. The van der Waals surface area contributed by atoms with E-state index in [1.807, 2.05) is 69.3 Å². The molecule has 0 aromatic heterocycles. The molecule has 0 aliphatic carbocycles. The fourth-order valence-corrected chi connectivity index (χ4v) is 3.74. The van der Waals surface area contributed by atoms with Crippen molar-refractivity contribution in [3.8, 4) is 5.75 Å². The summed E-state index contributed by atoms with van der Waals surface area (Å²) in [6, 6.07) is 22.3. The van der Waals surface area contributed by atoms with E-state index < -0.39 is 17.8 Å². The molecule has 0 heterocycles. The van der Waals surface area contributed by atoms with E-state index in [2.05, 4.69) is 5.32 Å². The van der Waals surface area contributed by atoms with Gasteiger partial charge in [-0.2, -0.15) is 0 Å². The summed E-state index contributed by atoms with van der Waals surface area (Å²) in [5.41, 5.74) is 2.25. The molecular weight excluding hydrogens is 443 g/mol. The van der Waals surface area contributed by atoms with Crippen molar-refractivity contribution >= 4 is 11.8 Å². The van der Waals surface area contributed by atoms with Gasteiger partial charge in [-0.25, -0.2) is 4.39 Å². The largest absolute Gasteiger partial charge is 0.484 e. The van der Waals surface area contributed by atoms with Crippen molar-refractivity contribution in [1.82, 2.24) is 10.2 Å². The van der Waals surface area contributed by atoms with Gasteiger partial charge in [0, 0.05) is 24.6 Å². The number of aryl methyl sites for hydroxylation is 1. The van der Waals surface area contributed by atoms with Crippen molar-refractivity contribution in [3.05, 3.63) is 101 Å². The minimum absolute atomic E-state index is 0.0475. The Kier molecular flexibility index (Phi) is 9.41. The summed E-state index contributed by atoms with van der Waals surface area (Å²) in [5.74, 6) is -0.531. The van der Waals surface area contributed by atoms with E-state index in [4.69, 9.17) is 4.74 Å². The highest BCUT2D eigenvalue weighted by Crippen LogP contribution is 2.18. The van der Waals surface area contributed by atoms with Gasteiger partial charge in [-0.3, -0.25) is 9.59 Å². The Morgan fingerprint density at radius 1 is 1.00 bits per heavy atom. The van der Waals surface area contributed by atoms with Crippen molar-refractivity contribution in [2.75, 3.05) is 6.61 Å². The third-order valence-corrected chi connectivity index (χ3v) is 5.92. The summed E-state index contributed by atoms with van der Waals surface area (Å²) in [4.78, 5) is 28.4. The number of carbonyl (C=O) groups is 2. The van der Waals surface area contributed by atoms with Gasteiger partial charge in [0.25, 0.3) is 5.91 Å². The number of benzene rings is 3. The van der Waals surface area contributed by atoms with Gasteiger partial charge in [-0.15, -0.1) is 0 Å². The molecule has 0 spiro atoms. The molecular formula is C29H33FN2O3. The third kappa shape index (κ3) is 7.67. The summed E-state index contributed by atoms with van der Waals surface area (Å²) >= 11 is 0. The summed E-state index contributed by atoms with van der Waals surface area (Å²) in [5, 5.41) is 3.00. The molecule has 0 fully saturated rings. The van der Waals surface area contributed by atoms with Crippen molar-refractivity contribution in [3.63, 3.8) is 0 Å². The molecule has 3 aromatic carbocycles. The van der Waals surface area contributed by atoms with E-state index in [9.17, 15) is 14.0 Å². The van der Waals surface area contributed by atoms with Crippen LogP contribution in [0.1, 0.15) is 37.0 Å². The Morgan fingerprint density at radius 2 is 1.71 bits per heavy atom. The van der Waals surface area contributed by atoms with Gasteiger partial charge in [-0.05, 0) is 49.6 Å². The fourth-order valence-electron chi connectivity index (χ4n) is 3.74. The van der Waals surface area contributed by atoms with Crippen LogP contribution in [-0.2, 0) is 22.6 Å². The molecule has 2 atom stereocenters. The zero-order valence-electron chi connectivity index (χ0n) is 20.5. The van der Waals surface area contributed by atoms with Crippen molar-refractivity contribution in [2.24, 2.45) is 0 Å². The first-order chi connectivity index (χ1) is 16.9. The van der Waals surface area contributed by atoms with Crippen LogP contribution in [0.5, 0.6) is 5.75 Å². The number of amides is 2. The van der Waals surface area contributed by atoms with Crippen LogP contribution in [0.15, 0.2) is 78.9 Å². The summed E-state index contributed by atoms with van der Waals surface area (Å²) < 4.78 is 20.4. The van der Waals surface area contributed by atoms with Crippen molar-refractivity contribution in [1.29, 1.82) is 0 Å². The molecule has 6 heteroatoms. The predicted octanol–water partition coefficient (Wildman–Crippen LogP) is 5.07. The first kappa shape index (κ1) is 25.9. The molecule has 0 radical (unpaired) electrons. The van der Waals surface area contributed by atoms with Crippen molar-refractivity contribution in [2.45, 2.75) is 52.2 Å². The average Bonchev–Trinajstić information content (AvgIpc) is 2.86. The van der Waals surface area contributed by atoms with Crippen molar-refractivity contribution < 1.29 is 18.7 Å². The number of nitrogens with one attached hydrogen (secondary N) is 1. The molecule has 3 rings (SSSR count). The Balaban J connectivity index is 1.92. The van der Waals surface area contributed by atoms with Crippen LogP contribution < -0.4 is 10.1 Å². The zero-order chi connectivity index (χ0) is 25.2. The lowest BCUT2D eigenvalue weighted by atomic mass is 10.0. The van der Waals surface area contributed by atoms with Crippen LogP contribution in [0.4, 0.5) is 4.39 Å². The lowest BCUT2D eigenvalue weighted by Crippen LogP contribution is -2.53. The molecule has 5 nitrogen and oxygen atoms in total. The highest BCUT2D eigenvalue weighted by molar-refractivity contribution is 5.88. The van der Waals surface area contributed by atoms with Crippen LogP contribution in [-0.4, -0.2) is 35.4 Å². The smallest absolute Gasteiger partial charge is 0.261 e. The highest BCUT2D eigenvalue weighted by atomic mass is 19.1. The zero-order valence-corrected chi connectivity index (χ0v) is 20.5. The lowest BCUT2D eigenvalue weighted by Gasteiger charge is -2.32. The third-order valence-electron chi connectivity index (χ3n) is 5.92. The molecule has 0 saturated heterocycles. The fraction of sp³-hybridized carbons (Fsp3) is 0.310. The molecule has 1 N–H and O–H groups in total. The lowest BCUT2D eigenvalue weighted by molar-refractivity contribution is -0.143. The highest BCUT2D eigenvalue weighted by Gasteiger charge is 2.31. The Hall–Kier alpha value is -3.67. The van der Waals surface area contributed by atoms with Crippen LogP contribution in [0.2, 0.25) is 0 Å². The Labute approximate surface area is 206 Å². The molecule has 0 saturated carbocycles. The standard InChI is InChI=1S/C29H33FN2O3/c1-4-22(3)31-29(34)27(18-23-12-6-5-7-13-23)32(19-24-14-8-9-16-26(24)30)28(33)20-35-25-15-10-11-21(2)17-25/h5-17,22,27H,4,18-20H2,1-3H3,(H,31,34)/t22-,27-/m0/s1. The molecule has 0 bridgehead atoms. The monoisotopic (exact) mass is 476 g/mol. The summed E-state index contributed by atoms with van der Waals surface area (Å²) in [6.07, 6.45) is 1.05. The van der Waals surface area contributed by atoms with E-state index in [1.165, 1.54) is 11.0 Å². The number of hydrogen-bond acceptors (Lipinski definition) is 3. The van der Waals surface area contributed by atoms with Gasteiger partial charge >= 0.3 is 0 Å². The maximum atomic E-state index is 14.6. The molecule has 2 amide bonds. The van der Waals surface area contributed by atoms with Crippen LogP contribution >= 0.6 is 0 Å². The molecule has 0 aliphatic heterocycles. The molecule has 0 aliphatic rings. The molecule has 184 valence electrons. The number of rotatable bonds is 11. The number of hydrogen-bond donors (Lipinski definition) is 1. The van der Waals surface area contributed by atoms with E-state index in [1.54, 1.807) is 24.3 Å². The molecule has 0 unspecified atom stereocenters. The SMILES string of the molecule is CC[C@H](C)NC(=O)[C@H](Cc1ccccc1)N(Cc1ccccc1F)C(=O)COc1cccc(C)c1. The minimum atomic E-state index is -0.834. The van der Waals surface area contributed by atoms with E-state index >= 15 is 0 Å². The van der Waals surface area contributed by atoms with Crippen LogP contribution in [0.25, 0.3) is 0 Å². The number of carbonyl (C=O) groups excluding carboxylic acids is 2. The van der Waals surface area contributed by atoms with Crippen LogP contribution in [0, 0.1) is 12.7 Å². The second-order valence-electron chi connectivity index (χ2n) is 8.74. The van der Waals surface area contributed by atoms with Gasteiger partial charge in [0.05, 0.1) is 0 Å².